The van der Waals surface area contributed by atoms with Crippen LogP contribution >= 0.6 is 7.60 Å². The lowest BCUT2D eigenvalue weighted by Crippen LogP contribution is -2.23. The molecule has 0 saturated heterocycles. The number of benzene rings is 1. The van der Waals surface area contributed by atoms with Crippen LogP contribution in [0, 0.1) is 17.2 Å². The average Bonchev–Trinajstić information content (AvgIpc) is 3.55. The number of H-pyrrole nitrogens is 1. The van der Waals surface area contributed by atoms with Crippen molar-refractivity contribution in [1.29, 1.82) is 5.26 Å². The van der Waals surface area contributed by atoms with Crippen molar-refractivity contribution in [3.8, 4) is 6.07 Å². The number of carbonyl (C=O) groups excluding carboxylic acids is 1. The summed E-state index contributed by atoms with van der Waals surface area (Å²) >= 11 is 0. The second kappa shape index (κ2) is 12.3. The fraction of sp³-hybridized carbons (Fsp3) is 0.448. The summed E-state index contributed by atoms with van der Waals surface area (Å²) in [5, 5.41) is 13.1. The van der Waals surface area contributed by atoms with Gasteiger partial charge >= 0.3 is 7.60 Å². The molecule has 2 N–H and O–H groups in total. The number of pyridine rings is 1. The maximum atomic E-state index is 13.2. The Morgan fingerprint density at radius 1 is 1.15 bits per heavy atom. The highest BCUT2D eigenvalue weighted by Crippen LogP contribution is 2.51. The summed E-state index contributed by atoms with van der Waals surface area (Å²) < 4.78 is 25.9. The van der Waals surface area contributed by atoms with Gasteiger partial charge in [-0.3, -0.25) is 9.36 Å². The van der Waals surface area contributed by atoms with Crippen LogP contribution in [0.5, 0.6) is 0 Å². The summed E-state index contributed by atoms with van der Waals surface area (Å²) in [5.41, 5.74) is 4.01. The molecule has 1 fully saturated rings. The van der Waals surface area contributed by atoms with E-state index < -0.39 is 7.60 Å². The lowest BCUT2D eigenvalue weighted by atomic mass is 9.84. The van der Waals surface area contributed by atoms with Crippen molar-refractivity contribution in [3.05, 3.63) is 54.1 Å². The Morgan fingerprint density at radius 3 is 2.55 bits per heavy atom. The van der Waals surface area contributed by atoms with Crippen LogP contribution in [0.4, 0.5) is 5.69 Å². The molecule has 1 aliphatic carbocycles. The molecule has 0 radical (unpaired) electrons. The van der Waals surface area contributed by atoms with Crippen molar-refractivity contribution in [1.82, 2.24) is 19.5 Å². The number of fused-ring (bicyclic) bond motifs is 3. The van der Waals surface area contributed by atoms with Gasteiger partial charge in [0, 0.05) is 29.7 Å². The molecule has 210 valence electrons. The van der Waals surface area contributed by atoms with E-state index in [2.05, 4.69) is 25.9 Å². The van der Waals surface area contributed by atoms with E-state index >= 15 is 0 Å². The van der Waals surface area contributed by atoms with Gasteiger partial charge in [0.25, 0.3) is 0 Å². The van der Waals surface area contributed by atoms with Gasteiger partial charge in [-0.2, -0.15) is 5.26 Å². The average molecular weight is 563 g/mol. The standard InChI is InChI=1S/C29H35N6O4P/c1-3-38-40(37,39-4-2)19-21-5-9-22(10-6-21)33-27(36)17-26-34-25-18-32-29-24(14-16-31-29)28(25)35(26)23-11-7-20(8-12-23)13-15-30/h5-6,9-10,14,16,18,20,23H,3-4,7-8,11-13,17,19H2,1-2H3,(H,31,32)(H,33,36). The summed E-state index contributed by atoms with van der Waals surface area (Å²) in [6, 6.07) is 11.8. The Labute approximate surface area is 233 Å². The Bertz CT molecular complexity index is 1550. The number of hydrogen-bond donors (Lipinski definition) is 2. The molecule has 0 spiro atoms. The maximum Gasteiger partial charge on any atom is 0.335 e. The number of carbonyl (C=O) groups is 1. The number of aromatic amines is 1. The minimum Gasteiger partial charge on any atom is -0.346 e. The van der Waals surface area contributed by atoms with Crippen LogP contribution in [0.1, 0.15) is 63.4 Å². The highest BCUT2D eigenvalue weighted by Gasteiger charge is 2.28. The third-order valence-electron chi connectivity index (χ3n) is 7.45. The number of hydrogen-bond acceptors (Lipinski definition) is 7. The van der Waals surface area contributed by atoms with E-state index in [4.69, 9.17) is 19.3 Å². The first-order chi connectivity index (χ1) is 19.4. The van der Waals surface area contributed by atoms with E-state index in [0.29, 0.717) is 37.1 Å². The number of nitrogens with zero attached hydrogens (tertiary/aromatic N) is 4. The first-order valence-corrected chi connectivity index (χ1v) is 15.6. The second-order valence-electron chi connectivity index (χ2n) is 10.2. The molecule has 1 aliphatic rings. The number of nitriles is 1. The van der Waals surface area contributed by atoms with E-state index in [-0.39, 0.29) is 24.5 Å². The largest absolute Gasteiger partial charge is 0.346 e. The third kappa shape index (κ3) is 6.12. The van der Waals surface area contributed by atoms with Gasteiger partial charge < -0.3 is 23.9 Å². The van der Waals surface area contributed by atoms with Crippen LogP contribution in [0.2, 0.25) is 0 Å². The summed E-state index contributed by atoms with van der Waals surface area (Å²) in [6.07, 6.45) is 8.35. The first kappa shape index (κ1) is 28.0. The highest BCUT2D eigenvalue weighted by molar-refractivity contribution is 7.53. The zero-order chi connectivity index (χ0) is 28.1. The van der Waals surface area contributed by atoms with E-state index in [1.807, 2.05) is 24.4 Å². The summed E-state index contributed by atoms with van der Waals surface area (Å²) in [7, 11) is -3.21. The second-order valence-corrected chi connectivity index (χ2v) is 12.2. The number of anilines is 1. The van der Waals surface area contributed by atoms with Crippen molar-refractivity contribution < 1.29 is 18.4 Å². The number of rotatable bonds is 11. The van der Waals surface area contributed by atoms with Gasteiger partial charge in [0.05, 0.1) is 43.6 Å². The molecular formula is C29H35N6O4P. The van der Waals surface area contributed by atoms with Crippen molar-refractivity contribution in [2.75, 3.05) is 18.5 Å². The van der Waals surface area contributed by atoms with E-state index in [1.165, 1.54) is 0 Å². The van der Waals surface area contributed by atoms with Crippen LogP contribution in [-0.4, -0.2) is 38.6 Å². The molecule has 10 nitrogen and oxygen atoms in total. The quantitative estimate of drug-likeness (QED) is 0.199. The Balaban J connectivity index is 1.35. The summed E-state index contributed by atoms with van der Waals surface area (Å²) in [6.45, 7) is 4.19. The number of aromatic nitrogens is 4. The molecule has 3 heterocycles. The Hall–Kier alpha value is -3.51. The van der Waals surface area contributed by atoms with Crippen molar-refractivity contribution in [3.63, 3.8) is 0 Å². The zero-order valence-electron chi connectivity index (χ0n) is 22.9. The smallest absolute Gasteiger partial charge is 0.335 e. The molecular weight excluding hydrogens is 527 g/mol. The molecule has 0 bridgehead atoms. The molecule has 1 amide bonds. The molecule has 1 aromatic carbocycles. The van der Waals surface area contributed by atoms with Gasteiger partial charge in [-0.15, -0.1) is 0 Å². The number of imidazole rings is 1. The fourth-order valence-electron chi connectivity index (χ4n) is 5.68. The van der Waals surface area contributed by atoms with Gasteiger partial charge in [0.2, 0.25) is 5.91 Å². The molecule has 3 aromatic heterocycles. The monoisotopic (exact) mass is 562 g/mol. The van der Waals surface area contributed by atoms with Gasteiger partial charge in [0.1, 0.15) is 17.0 Å². The first-order valence-electron chi connectivity index (χ1n) is 13.9. The van der Waals surface area contributed by atoms with E-state index in [9.17, 15) is 9.36 Å². The minimum absolute atomic E-state index is 0.115. The van der Waals surface area contributed by atoms with Crippen LogP contribution in [0.25, 0.3) is 22.1 Å². The third-order valence-corrected chi connectivity index (χ3v) is 9.51. The van der Waals surface area contributed by atoms with Gasteiger partial charge in [-0.05, 0) is 69.2 Å². The van der Waals surface area contributed by atoms with Crippen LogP contribution in [0.15, 0.2) is 42.7 Å². The Kier molecular flexibility index (Phi) is 8.65. The summed E-state index contributed by atoms with van der Waals surface area (Å²) in [5.74, 6) is 0.962. The predicted octanol–water partition coefficient (Wildman–Crippen LogP) is 6.50. The number of nitrogens with one attached hydrogen (secondary N) is 2. The highest BCUT2D eigenvalue weighted by atomic mass is 31.2. The molecule has 0 atom stereocenters. The van der Waals surface area contributed by atoms with Gasteiger partial charge in [-0.1, -0.05) is 12.1 Å². The lowest BCUT2D eigenvalue weighted by molar-refractivity contribution is -0.115. The van der Waals surface area contributed by atoms with Gasteiger partial charge in [0.15, 0.2) is 0 Å². The molecule has 11 heteroatoms. The van der Waals surface area contributed by atoms with Gasteiger partial charge in [-0.25, -0.2) is 9.97 Å². The van der Waals surface area contributed by atoms with E-state index in [1.54, 1.807) is 32.2 Å². The Morgan fingerprint density at radius 2 is 1.88 bits per heavy atom. The van der Waals surface area contributed by atoms with E-state index in [0.717, 1.165) is 53.3 Å². The molecule has 4 aromatic rings. The fourth-order valence-corrected chi connectivity index (χ4v) is 7.38. The number of amides is 1. The minimum atomic E-state index is -3.21. The summed E-state index contributed by atoms with van der Waals surface area (Å²) in [4.78, 5) is 25.8. The van der Waals surface area contributed by atoms with Crippen molar-refractivity contribution in [2.45, 2.75) is 64.6 Å². The van der Waals surface area contributed by atoms with Crippen molar-refractivity contribution >= 4 is 41.3 Å². The molecule has 5 rings (SSSR count). The van der Waals surface area contributed by atoms with Crippen LogP contribution < -0.4 is 5.32 Å². The normalized spacial score (nSPS) is 17.7. The maximum absolute atomic E-state index is 13.2. The molecule has 40 heavy (non-hydrogen) atoms. The lowest BCUT2D eigenvalue weighted by Gasteiger charge is -2.30. The molecule has 0 aliphatic heterocycles. The van der Waals surface area contributed by atoms with Crippen LogP contribution in [-0.2, 0) is 31.0 Å². The SMILES string of the molecule is CCOP(=O)(Cc1ccc(NC(=O)Cc2nc3cnc4[nH]ccc4c3n2C2CCC(CC#N)CC2)cc1)OCC. The zero-order valence-corrected chi connectivity index (χ0v) is 23.8. The molecule has 0 unspecified atom stereocenters. The topological polar surface area (TPSA) is 135 Å². The predicted molar refractivity (Wildman–Crippen MR) is 154 cm³/mol. The van der Waals surface area contributed by atoms with Crippen LogP contribution in [0.3, 0.4) is 0 Å². The van der Waals surface area contributed by atoms with Crippen molar-refractivity contribution in [2.24, 2.45) is 5.92 Å². The molecule has 1 saturated carbocycles.